The van der Waals surface area contributed by atoms with E-state index in [1.807, 2.05) is 0 Å². The molecule has 0 aliphatic rings. The van der Waals surface area contributed by atoms with Crippen LogP contribution in [0.3, 0.4) is 0 Å². The predicted octanol–water partition coefficient (Wildman–Crippen LogP) is 21.3. The second-order valence-corrected chi connectivity index (χ2v) is 21.7. The smallest absolute Gasteiger partial charge is 0.306 e. The molecule has 0 fully saturated rings. The molecule has 0 saturated heterocycles. The van der Waals surface area contributed by atoms with E-state index in [1.54, 1.807) is 0 Å². The van der Waals surface area contributed by atoms with Gasteiger partial charge < -0.3 is 14.2 Å². The molecular weight excluding hydrogens is 865 g/mol. The molecule has 0 saturated carbocycles. The molecule has 0 aromatic rings. The molecule has 414 valence electrons. The van der Waals surface area contributed by atoms with Crippen LogP contribution in [-0.2, 0) is 28.6 Å². The summed E-state index contributed by atoms with van der Waals surface area (Å²) in [4.78, 5) is 38.3. The van der Waals surface area contributed by atoms with Gasteiger partial charge in [-0.25, -0.2) is 0 Å². The van der Waals surface area contributed by atoms with Crippen molar-refractivity contribution >= 4 is 17.9 Å². The first kappa shape index (κ1) is 68.2. The Morgan fingerprint density at radius 3 is 0.714 bits per heavy atom. The van der Waals surface area contributed by atoms with Crippen LogP contribution < -0.4 is 0 Å². The largest absolute Gasteiger partial charge is 0.462 e. The number of hydrogen-bond acceptors (Lipinski definition) is 6. The molecule has 0 aromatic carbocycles. The summed E-state index contributed by atoms with van der Waals surface area (Å²) in [5.74, 6) is -0.840. The molecule has 0 spiro atoms. The third-order valence-electron chi connectivity index (χ3n) is 14.5. The van der Waals surface area contributed by atoms with Crippen LogP contribution in [0.25, 0.3) is 0 Å². The van der Waals surface area contributed by atoms with Crippen LogP contribution in [0.5, 0.6) is 0 Å². The van der Waals surface area contributed by atoms with Gasteiger partial charge in [0.25, 0.3) is 0 Å². The zero-order chi connectivity index (χ0) is 50.7. The molecule has 6 heteroatoms. The van der Waals surface area contributed by atoms with Gasteiger partial charge in [-0.15, -0.1) is 0 Å². The van der Waals surface area contributed by atoms with Gasteiger partial charge in [0.1, 0.15) is 13.2 Å². The molecule has 1 atom stereocenters. The summed E-state index contributed by atoms with van der Waals surface area (Å²) in [5.41, 5.74) is 0. The molecule has 0 amide bonds. The van der Waals surface area contributed by atoms with E-state index in [1.165, 1.54) is 263 Å². The van der Waals surface area contributed by atoms with Crippen LogP contribution in [0.15, 0.2) is 12.2 Å². The Bertz CT molecular complexity index is 1090. The molecule has 0 aliphatic carbocycles. The zero-order valence-corrected chi connectivity index (χ0v) is 47.6. The minimum Gasteiger partial charge on any atom is -0.462 e. The Kier molecular flexibility index (Phi) is 58.1. The van der Waals surface area contributed by atoms with Gasteiger partial charge in [-0.2, -0.15) is 0 Å². The topological polar surface area (TPSA) is 78.9 Å². The van der Waals surface area contributed by atoms with E-state index >= 15 is 0 Å². The van der Waals surface area contributed by atoms with Crippen LogP contribution in [-0.4, -0.2) is 37.2 Å². The third-order valence-corrected chi connectivity index (χ3v) is 14.5. The highest BCUT2D eigenvalue weighted by Crippen LogP contribution is 2.18. The van der Waals surface area contributed by atoms with E-state index in [2.05, 4.69) is 32.9 Å². The molecule has 0 aliphatic heterocycles. The fourth-order valence-electron chi connectivity index (χ4n) is 9.74. The van der Waals surface area contributed by atoms with Crippen LogP contribution in [0, 0.1) is 0 Å². The van der Waals surface area contributed by atoms with E-state index in [4.69, 9.17) is 14.2 Å². The summed E-state index contributed by atoms with van der Waals surface area (Å²) < 4.78 is 16.9. The lowest BCUT2D eigenvalue weighted by atomic mass is 10.0. The van der Waals surface area contributed by atoms with Crippen LogP contribution >= 0.6 is 0 Å². The number of ether oxygens (including phenoxy) is 3. The highest BCUT2D eigenvalue weighted by Gasteiger charge is 2.19. The third kappa shape index (κ3) is 57.1. The van der Waals surface area contributed by atoms with Crippen molar-refractivity contribution in [2.45, 2.75) is 367 Å². The Morgan fingerprint density at radius 2 is 0.471 bits per heavy atom. The maximum absolute atomic E-state index is 12.9. The van der Waals surface area contributed by atoms with E-state index in [9.17, 15) is 14.4 Å². The van der Waals surface area contributed by atoms with Gasteiger partial charge in [0.15, 0.2) is 6.10 Å². The average Bonchev–Trinajstić information content (AvgIpc) is 3.36. The number of rotatable bonds is 59. The molecule has 1 unspecified atom stereocenters. The van der Waals surface area contributed by atoms with Crippen molar-refractivity contribution in [1.82, 2.24) is 0 Å². The molecule has 0 bridgehead atoms. The van der Waals surface area contributed by atoms with Crippen molar-refractivity contribution < 1.29 is 28.6 Å². The average molecular weight is 988 g/mol. The van der Waals surface area contributed by atoms with Crippen LogP contribution in [0.4, 0.5) is 0 Å². The number of allylic oxidation sites excluding steroid dienone is 2. The van der Waals surface area contributed by atoms with Crippen molar-refractivity contribution in [2.24, 2.45) is 0 Å². The van der Waals surface area contributed by atoms with Crippen LogP contribution in [0.2, 0.25) is 0 Å². The molecule has 0 radical (unpaired) electrons. The number of esters is 3. The fourth-order valence-corrected chi connectivity index (χ4v) is 9.74. The second kappa shape index (κ2) is 59.7. The monoisotopic (exact) mass is 987 g/mol. The Labute approximate surface area is 437 Å². The summed E-state index contributed by atoms with van der Waals surface area (Å²) in [7, 11) is 0. The van der Waals surface area contributed by atoms with Crippen LogP contribution in [0.1, 0.15) is 361 Å². The van der Waals surface area contributed by atoms with E-state index in [-0.39, 0.29) is 31.1 Å². The van der Waals surface area contributed by atoms with Gasteiger partial charge in [-0.3, -0.25) is 14.4 Å². The van der Waals surface area contributed by atoms with Gasteiger partial charge >= 0.3 is 17.9 Å². The summed E-state index contributed by atoms with van der Waals surface area (Å²) in [6.45, 7) is 6.71. The number of carbonyl (C=O) groups is 3. The van der Waals surface area contributed by atoms with Gasteiger partial charge in [0.05, 0.1) is 0 Å². The summed E-state index contributed by atoms with van der Waals surface area (Å²) in [6, 6.07) is 0. The molecule has 70 heavy (non-hydrogen) atoms. The zero-order valence-electron chi connectivity index (χ0n) is 47.6. The molecule has 0 rings (SSSR count). The summed E-state index contributed by atoms with van der Waals surface area (Å²) >= 11 is 0. The van der Waals surface area contributed by atoms with Crippen molar-refractivity contribution in [3.05, 3.63) is 12.2 Å². The van der Waals surface area contributed by atoms with E-state index < -0.39 is 6.10 Å². The van der Waals surface area contributed by atoms with E-state index in [0.29, 0.717) is 19.3 Å². The minimum atomic E-state index is -0.767. The first-order chi connectivity index (χ1) is 34.5. The molecular formula is C64H122O6. The first-order valence-electron chi connectivity index (χ1n) is 31.7. The number of carbonyl (C=O) groups excluding carboxylic acids is 3. The lowest BCUT2D eigenvalue weighted by Crippen LogP contribution is -2.30. The van der Waals surface area contributed by atoms with Gasteiger partial charge in [0, 0.05) is 19.3 Å². The summed E-state index contributed by atoms with van der Waals surface area (Å²) in [6.07, 6.45) is 69.3. The van der Waals surface area contributed by atoms with Gasteiger partial charge in [-0.1, -0.05) is 309 Å². The predicted molar refractivity (Wildman–Crippen MR) is 303 cm³/mol. The lowest BCUT2D eigenvalue weighted by Gasteiger charge is -2.18. The highest BCUT2D eigenvalue weighted by atomic mass is 16.6. The Balaban J connectivity index is 4.28. The highest BCUT2D eigenvalue weighted by molar-refractivity contribution is 5.71. The SMILES string of the molecule is CCCCCCCCC/C=C\CCCCCCCCCC(=O)OC(COC(=O)CCCCCCCCCCCCCCCC)COC(=O)CCCCCCCCCCCCCCCCCCCCCC. The second-order valence-electron chi connectivity index (χ2n) is 21.7. The number of hydrogen-bond donors (Lipinski definition) is 0. The fraction of sp³-hybridized carbons (Fsp3) is 0.922. The van der Waals surface area contributed by atoms with Gasteiger partial charge in [-0.05, 0) is 44.9 Å². The molecule has 0 N–H and O–H groups in total. The summed E-state index contributed by atoms with van der Waals surface area (Å²) in [5, 5.41) is 0. The van der Waals surface area contributed by atoms with Crippen molar-refractivity contribution in [1.29, 1.82) is 0 Å². The Hall–Kier alpha value is -1.85. The standard InChI is InChI=1S/C64H122O6/c1-4-7-10-13-16-19-22-25-28-30-32-33-35-36-39-42-45-48-51-54-57-63(66)69-60-61(59-68-62(65)56-53-50-47-44-41-38-27-24-21-18-15-12-9-6-3)70-64(67)58-55-52-49-46-43-40-37-34-31-29-26-23-20-17-14-11-8-5-2/h29,31,61H,4-28,30,32-60H2,1-3H3/b31-29-. The lowest BCUT2D eigenvalue weighted by molar-refractivity contribution is -0.167. The van der Waals surface area contributed by atoms with Crippen molar-refractivity contribution in [3.63, 3.8) is 0 Å². The molecule has 0 aromatic heterocycles. The van der Waals surface area contributed by atoms with Gasteiger partial charge in [0.2, 0.25) is 0 Å². The van der Waals surface area contributed by atoms with E-state index in [0.717, 1.165) is 57.8 Å². The van der Waals surface area contributed by atoms with Crippen molar-refractivity contribution in [2.75, 3.05) is 13.2 Å². The first-order valence-corrected chi connectivity index (χ1v) is 31.7. The quantitative estimate of drug-likeness (QED) is 0.0261. The maximum atomic E-state index is 12.9. The maximum Gasteiger partial charge on any atom is 0.306 e. The van der Waals surface area contributed by atoms with Crippen molar-refractivity contribution in [3.8, 4) is 0 Å². The molecule has 0 heterocycles. The minimum absolute atomic E-state index is 0.0653. The molecule has 6 nitrogen and oxygen atoms in total. The number of unbranched alkanes of at least 4 members (excludes halogenated alkanes) is 46. The Morgan fingerprint density at radius 1 is 0.271 bits per heavy atom. The normalized spacial score (nSPS) is 12.0.